The van der Waals surface area contributed by atoms with Crippen molar-refractivity contribution >= 4 is 43.9 Å². The van der Waals surface area contributed by atoms with Crippen LogP contribution in [0.1, 0.15) is 52.7 Å². The van der Waals surface area contributed by atoms with Crippen LogP contribution in [0.25, 0.3) is 10.8 Å². The number of carbonyl (C=O) groups is 1. The van der Waals surface area contributed by atoms with Crippen LogP contribution in [0.15, 0.2) is 33.0 Å². The number of H-pyrrole nitrogens is 1. The Morgan fingerprint density at radius 3 is 2.64 bits per heavy atom. The molecule has 5 rings (SSSR count). The molecule has 1 amide bonds. The van der Waals surface area contributed by atoms with Crippen molar-refractivity contribution in [1.82, 2.24) is 20.5 Å². The van der Waals surface area contributed by atoms with E-state index in [4.69, 9.17) is 0 Å². The fraction of sp³-hybridized carbons (Fsp3) is 0.400. The molecule has 3 aromatic rings. The van der Waals surface area contributed by atoms with E-state index in [9.17, 15) is 9.59 Å². The first-order valence-corrected chi connectivity index (χ1v) is 11.0. The van der Waals surface area contributed by atoms with Crippen LogP contribution in [0.4, 0.5) is 0 Å². The Hall–Kier alpha value is -2.06. The normalized spacial score (nSPS) is 26.1. The highest BCUT2D eigenvalue weighted by molar-refractivity contribution is 9.11. The second-order valence-electron chi connectivity index (χ2n) is 8.05. The van der Waals surface area contributed by atoms with Gasteiger partial charge in [0.25, 0.3) is 11.5 Å². The number of hydrogen-bond acceptors (Lipinski definition) is 5. The van der Waals surface area contributed by atoms with Crippen LogP contribution in [-0.2, 0) is 0 Å². The van der Waals surface area contributed by atoms with E-state index in [0.29, 0.717) is 21.6 Å². The van der Waals surface area contributed by atoms with E-state index >= 15 is 0 Å². The Bertz CT molecular complexity index is 1140. The molecule has 144 valence electrons. The van der Waals surface area contributed by atoms with E-state index in [0.717, 1.165) is 46.4 Å². The lowest BCUT2D eigenvalue weighted by molar-refractivity contribution is -0.0196. The number of amides is 1. The van der Waals surface area contributed by atoms with E-state index < -0.39 is 0 Å². The molecule has 6 nitrogen and oxygen atoms in total. The van der Waals surface area contributed by atoms with Crippen LogP contribution in [0.2, 0.25) is 0 Å². The number of nitrogens with one attached hydrogen (secondary N) is 2. The average Bonchev–Trinajstić information content (AvgIpc) is 2.95. The Balaban J connectivity index is 1.23. The molecule has 2 fully saturated rings. The number of aromatic amines is 1. The van der Waals surface area contributed by atoms with Crippen molar-refractivity contribution in [2.75, 3.05) is 0 Å². The van der Waals surface area contributed by atoms with E-state index in [2.05, 4.69) is 36.4 Å². The summed E-state index contributed by atoms with van der Waals surface area (Å²) < 4.78 is 0.739. The second-order valence-corrected chi connectivity index (χ2v) is 10.3. The molecule has 8 heteroatoms. The number of carbonyl (C=O) groups excluding carboxylic acids is 1. The lowest BCUT2D eigenvalue weighted by Gasteiger charge is -2.57. The van der Waals surface area contributed by atoms with E-state index in [1.165, 1.54) is 11.3 Å². The van der Waals surface area contributed by atoms with Crippen molar-refractivity contribution in [2.24, 2.45) is 5.41 Å². The predicted molar refractivity (Wildman–Crippen MR) is 112 cm³/mol. The lowest BCUT2D eigenvalue weighted by Crippen LogP contribution is -2.55. The molecular formula is C20H19BrN4O2S. The van der Waals surface area contributed by atoms with Gasteiger partial charge in [-0.2, -0.15) is 5.10 Å². The topological polar surface area (TPSA) is 87.7 Å². The standard InChI is InChI=1S/C20H19BrN4O2S/c1-10-16(28-19(21)22-10)18(27)23-12-8-20(9-12)6-11(7-20)15-13-4-2-3-5-14(13)17(26)25-24-15/h2-5,11-12H,6-9H2,1H3,(H,23,27)(H,25,26). The van der Waals surface area contributed by atoms with Crippen LogP contribution in [-0.4, -0.2) is 27.1 Å². The molecule has 1 aromatic carbocycles. The number of nitrogens with zero attached hydrogens (tertiary/aromatic N) is 2. The summed E-state index contributed by atoms with van der Waals surface area (Å²) in [6.45, 7) is 1.86. The van der Waals surface area contributed by atoms with Crippen LogP contribution in [0.5, 0.6) is 0 Å². The number of aromatic nitrogens is 3. The van der Waals surface area contributed by atoms with Crippen LogP contribution < -0.4 is 10.9 Å². The summed E-state index contributed by atoms with van der Waals surface area (Å²) in [6, 6.07) is 7.90. The maximum absolute atomic E-state index is 12.5. The quantitative estimate of drug-likeness (QED) is 0.622. The van der Waals surface area contributed by atoms with Gasteiger partial charge in [-0.05, 0) is 60.0 Å². The van der Waals surface area contributed by atoms with Gasteiger partial charge in [0.05, 0.1) is 16.8 Å². The molecule has 2 saturated carbocycles. The molecule has 2 N–H and O–H groups in total. The van der Waals surface area contributed by atoms with Crippen LogP contribution in [0, 0.1) is 12.3 Å². The SMILES string of the molecule is Cc1nc(Br)sc1C(=O)NC1CC2(C1)CC(c1n[nH]c(=O)c3ccccc13)C2. The van der Waals surface area contributed by atoms with Gasteiger partial charge in [0, 0.05) is 17.3 Å². The zero-order valence-electron chi connectivity index (χ0n) is 15.3. The third-order valence-electron chi connectivity index (χ3n) is 6.14. The number of aryl methyl sites for hydroxylation is 1. The largest absolute Gasteiger partial charge is 0.349 e. The molecule has 0 bridgehead atoms. The van der Waals surface area contributed by atoms with Crippen molar-refractivity contribution < 1.29 is 4.79 Å². The number of benzene rings is 1. The summed E-state index contributed by atoms with van der Waals surface area (Å²) >= 11 is 4.71. The maximum Gasteiger partial charge on any atom is 0.272 e. The van der Waals surface area contributed by atoms with Crippen molar-refractivity contribution in [1.29, 1.82) is 0 Å². The molecule has 28 heavy (non-hydrogen) atoms. The minimum Gasteiger partial charge on any atom is -0.349 e. The molecule has 0 unspecified atom stereocenters. The maximum atomic E-state index is 12.5. The van der Waals surface area contributed by atoms with Gasteiger partial charge in [0.15, 0.2) is 3.92 Å². The van der Waals surface area contributed by atoms with E-state index in [-0.39, 0.29) is 17.5 Å². The smallest absolute Gasteiger partial charge is 0.272 e. The molecule has 2 aromatic heterocycles. The van der Waals surface area contributed by atoms with E-state index in [1.54, 1.807) is 0 Å². The molecule has 2 aliphatic carbocycles. The monoisotopic (exact) mass is 458 g/mol. The van der Waals surface area contributed by atoms with Crippen molar-refractivity contribution in [3.8, 4) is 0 Å². The van der Waals surface area contributed by atoms with Gasteiger partial charge in [-0.3, -0.25) is 9.59 Å². The molecule has 0 saturated heterocycles. The Morgan fingerprint density at radius 1 is 1.25 bits per heavy atom. The highest BCUT2D eigenvalue weighted by Gasteiger charge is 2.54. The first-order chi connectivity index (χ1) is 13.4. The minimum absolute atomic E-state index is 0.0234. The summed E-state index contributed by atoms with van der Waals surface area (Å²) in [7, 11) is 0. The summed E-state index contributed by atoms with van der Waals surface area (Å²) in [5.41, 5.74) is 1.94. The summed E-state index contributed by atoms with van der Waals surface area (Å²) in [6.07, 6.45) is 4.15. The number of thiazole rings is 1. The van der Waals surface area contributed by atoms with Gasteiger partial charge in [-0.15, -0.1) is 11.3 Å². The molecular weight excluding hydrogens is 440 g/mol. The van der Waals surface area contributed by atoms with Crippen LogP contribution >= 0.6 is 27.3 Å². The highest BCUT2D eigenvalue weighted by Crippen LogP contribution is 2.62. The lowest BCUT2D eigenvalue weighted by atomic mass is 9.49. The number of halogens is 1. The van der Waals surface area contributed by atoms with E-state index in [1.807, 2.05) is 31.2 Å². The van der Waals surface area contributed by atoms with Gasteiger partial charge in [-0.25, -0.2) is 10.1 Å². The first-order valence-electron chi connectivity index (χ1n) is 9.35. The first kappa shape index (κ1) is 18.0. The number of fused-ring (bicyclic) bond motifs is 1. The third-order valence-corrected chi connectivity index (χ3v) is 7.75. The molecule has 0 radical (unpaired) electrons. The fourth-order valence-electron chi connectivity index (χ4n) is 4.87. The van der Waals surface area contributed by atoms with Gasteiger partial charge in [0.2, 0.25) is 0 Å². The Kier molecular flexibility index (Phi) is 4.17. The summed E-state index contributed by atoms with van der Waals surface area (Å²) in [5, 5.41) is 11.8. The Labute approximate surface area is 173 Å². The highest BCUT2D eigenvalue weighted by atomic mass is 79.9. The van der Waals surface area contributed by atoms with Crippen molar-refractivity contribution in [2.45, 2.75) is 44.6 Å². The zero-order chi connectivity index (χ0) is 19.5. The molecule has 0 aliphatic heterocycles. The van der Waals surface area contributed by atoms with Gasteiger partial charge in [0.1, 0.15) is 4.88 Å². The number of rotatable bonds is 3. The van der Waals surface area contributed by atoms with Gasteiger partial charge < -0.3 is 5.32 Å². The minimum atomic E-state index is -0.134. The fourth-order valence-corrected chi connectivity index (χ4v) is 6.32. The third kappa shape index (κ3) is 2.90. The zero-order valence-corrected chi connectivity index (χ0v) is 17.7. The van der Waals surface area contributed by atoms with Gasteiger partial charge in [-0.1, -0.05) is 18.2 Å². The summed E-state index contributed by atoms with van der Waals surface area (Å²) in [4.78, 5) is 29.4. The van der Waals surface area contributed by atoms with Crippen LogP contribution in [0.3, 0.4) is 0 Å². The second kappa shape index (κ2) is 6.49. The predicted octanol–water partition coefficient (Wildman–Crippen LogP) is 3.91. The average molecular weight is 459 g/mol. The molecule has 1 spiro atoms. The molecule has 0 atom stereocenters. The Morgan fingerprint density at radius 2 is 1.96 bits per heavy atom. The molecule has 2 aliphatic rings. The molecule has 2 heterocycles. The number of hydrogen-bond donors (Lipinski definition) is 2. The summed E-state index contributed by atoms with van der Waals surface area (Å²) in [5.74, 6) is 0.350. The van der Waals surface area contributed by atoms with Crippen molar-refractivity contribution in [3.63, 3.8) is 0 Å². The van der Waals surface area contributed by atoms with Crippen molar-refractivity contribution in [3.05, 3.63) is 54.8 Å². The van der Waals surface area contributed by atoms with Gasteiger partial charge >= 0.3 is 0 Å².